The van der Waals surface area contributed by atoms with Gasteiger partial charge in [-0.25, -0.2) is 4.79 Å². The Hall–Kier alpha value is -3.14. The van der Waals surface area contributed by atoms with Crippen LogP contribution in [0.3, 0.4) is 0 Å². The van der Waals surface area contributed by atoms with Gasteiger partial charge in [0.15, 0.2) is 24.1 Å². The quantitative estimate of drug-likeness (QED) is 0.228. The molecule has 0 bridgehead atoms. The van der Waals surface area contributed by atoms with Gasteiger partial charge in [-0.1, -0.05) is 44.2 Å². The van der Waals surface area contributed by atoms with Gasteiger partial charge in [-0.15, -0.1) is 0 Å². The molecule has 10 atom stereocenters. The van der Waals surface area contributed by atoms with E-state index >= 15 is 0 Å². The summed E-state index contributed by atoms with van der Waals surface area (Å²) in [5.41, 5.74) is -0.728. The minimum absolute atomic E-state index is 0.0247. The molecule has 0 saturated carbocycles. The molecule has 4 unspecified atom stereocenters. The van der Waals surface area contributed by atoms with Crippen LogP contribution in [0.1, 0.15) is 46.6 Å². The number of benzene rings is 1. The van der Waals surface area contributed by atoms with Crippen LogP contribution >= 0.6 is 0 Å². The molecule has 3 rings (SSSR count). The van der Waals surface area contributed by atoms with Crippen LogP contribution in [0.25, 0.3) is 0 Å². The number of hydrogen-bond donors (Lipinski definition) is 0. The van der Waals surface area contributed by atoms with Crippen LogP contribution in [-0.4, -0.2) is 107 Å². The molecular formula is C31H44O14. The van der Waals surface area contributed by atoms with Gasteiger partial charge >= 0.3 is 23.9 Å². The lowest BCUT2D eigenvalue weighted by molar-refractivity contribution is -0.369. The van der Waals surface area contributed by atoms with E-state index in [9.17, 15) is 19.2 Å². The van der Waals surface area contributed by atoms with E-state index in [2.05, 4.69) is 0 Å². The Labute approximate surface area is 262 Å². The first-order chi connectivity index (χ1) is 21.4. The lowest BCUT2D eigenvalue weighted by Gasteiger charge is -2.52. The summed E-state index contributed by atoms with van der Waals surface area (Å²) < 4.78 is 58.4. The summed E-state index contributed by atoms with van der Waals surface area (Å²) in [6.07, 6.45) is -9.06. The van der Waals surface area contributed by atoms with Crippen LogP contribution in [0.2, 0.25) is 0 Å². The maximum atomic E-state index is 13.2. The zero-order valence-electron chi connectivity index (χ0n) is 26.9. The minimum atomic E-state index is -1.50. The number of hydrogen-bond acceptors (Lipinski definition) is 14. The minimum Gasteiger partial charge on any atom is -0.467 e. The van der Waals surface area contributed by atoms with Crippen LogP contribution in [0, 0.1) is 5.92 Å². The number of ether oxygens (including phenoxy) is 10. The first kappa shape index (κ1) is 36.3. The normalized spacial score (nSPS) is 33.1. The average molecular weight is 641 g/mol. The maximum Gasteiger partial charge on any atom is 0.338 e. The smallest absolute Gasteiger partial charge is 0.338 e. The number of carbonyl (C=O) groups excluding carboxylic acids is 4. The molecule has 2 aliphatic heterocycles. The van der Waals surface area contributed by atoms with E-state index in [4.69, 9.17) is 47.4 Å². The third-order valence-electron chi connectivity index (χ3n) is 7.95. The third kappa shape index (κ3) is 8.57. The molecular weight excluding hydrogens is 596 g/mol. The highest BCUT2D eigenvalue weighted by atomic mass is 16.8. The van der Waals surface area contributed by atoms with E-state index in [-0.39, 0.29) is 19.6 Å². The molecule has 0 radical (unpaired) electrons. The van der Waals surface area contributed by atoms with Gasteiger partial charge in [-0.3, -0.25) is 14.4 Å². The highest BCUT2D eigenvalue weighted by Crippen LogP contribution is 2.42. The van der Waals surface area contributed by atoms with Crippen LogP contribution in [0.4, 0.5) is 0 Å². The molecule has 0 N–H and O–H groups in total. The summed E-state index contributed by atoms with van der Waals surface area (Å²) in [5, 5.41) is 0. The number of methoxy groups -OCH3 is 3. The fourth-order valence-electron chi connectivity index (χ4n) is 5.79. The third-order valence-corrected chi connectivity index (χ3v) is 7.95. The van der Waals surface area contributed by atoms with Crippen molar-refractivity contribution in [2.75, 3.05) is 27.9 Å². The predicted molar refractivity (Wildman–Crippen MR) is 153 cm³/mol. The Morgan fingerprint density at radius 3 is 1.98 bits per heavy atom. The Morgan fingerprint density at radius 2 is 1.44 bits per heavy atom. The zero-order chi connectivity index (χ0) is 33.3. The van der Waals surface area contributed by atoms with E-state index in [1.165, 1.54) is 42.1 Å². The van der Waals surface area contributed by atoms with Gasteiger partial charge in [0.05, 0.1) is 19.8 Å². The Morgan fingerprint density at radius 1 is 0.800 bits per heavy atom. The van der Waals surface area contributed by atoms with E-state index in [1.807, 2.05) is 30.3 Å². The SMILES string of the molecule is CCC1(C(=O)OC)O[C@@H](O[C@@H]2C(COC(C)=O)O[C@H](OC(C)=O)C(OCc3ccccc3)[C@H]2OC(C)=O)C(OC)[C@@H](OC)[C@@H]1C. The summed E-state index contributed by atoms with van der Waals surface area (Å²) in [6.45, 7) is 6.77. The molecule has 0 aromatic heterocycles. The fourth-order valence-corrected chi connectivity index (χ4v) is 5.79. The van der Waals surface area contributed by atoms with Crippen LogP contribution < -0.4 is 0 Å². The Balaban J connectivity index is 2.10. The molecule has 0 amide bonds. The highest BCUT2D eigenvalue weighted by molar-refractivity contribution is 5.80. The predicted octanol–water partition coefficient (Wildman–Crippen LogP) is 2.08. The molecule has 2 aliphatic rings. The first-order valence-corrected chi connectivity index (χ1v) is 14.7. The van der Waals surface area contributed by atoms with Gasteiger partial charge in [0.2, 0.25) is 6.29 Å². The molecule has 0 aliphatic carbocycles. The van der Waals surface area contributed by atoms with E-state index < -0.39 is 84.6 Å². The van der Waals surface area contributed by atoms with Crippen molar-refractivity contribution < 1.29 is 66.5 Å². The van der Waals surface area contributed by atoms with Gasteiger partial charge in [0.25, 0.3) is 0 Å². The van der Waals surface area contributed by atoms with Gasteiger partial charge < -0.3 is 47.4 Å². The van der Waals surface area contributed by atoms with Crippen molar-refractivity contribution in [1.82, 2.24) is 0 Å². The highest BCUT2D eigenvalue weighted by Gasteiger charge is 2.60. The number of rotatable bonds is 13. The van der Waals surface area contributed by atoms with Crippen LogP contribution in [0.15, 0.2) is 30.3 Å². The second-order valence-electron chi connectivity index (χ2n) is 10.8. The van der Waals surface area contributed by atoms with Crippen molar-refractivity contribution >= 4 is 23.9 Å². The maximum absolute atomic E-state index is 13.2. The molecule has 2 heterocycles. The van der Waals surface area contributed by atoms with Crippen molar-refractivity contribution in [2.24, 2.45) is 5.92 Å². The lowest BCUT2D eigenvalue weighted by Crippen LogP contribution is -2.68. The first-order valence-electron chi connectivity index (χ1n) is 14.7. The van der Waals surface area contributed by atoms with Crippen molar-refractivity contribution in [3.8, 4) is 0 Å². The standard InChI is InChI=1S/C31H44O14/c1-9-31(30(35)38-8)17(2)23(36-6)26(37-7)29(45-31)44-24-22(16-39-18(3)32)43-28(42-20(5)34)27(25(24)41-19(4)33)40-15-21-13-11-10-12-14-21/h10-14,17,22-29H,9,15-16H2,1-8H3/t17-,22?,23-,24+,25-,26?,27?,28-,29+,31?/m0/s1. The molecule has 2 saturated heterocycles. The lowest BCUT2D eigenvalue weighted by atomic mass is 9.77. The van der Waals surface area contributed by atoms with E-state index in [0.717, 1.165) is 5.56 Å². The molecule has 1 aromatic rings. The van der Waals surface area contributed by atoms with E-state index in [1.54, 1.807) is 13.8 Å². The topological polar surface area (TPSA) is 161 Å². The molecule has 14 nitrogen and oxygen atoms in total. The average Bonchev–Trinajstić information content (AvgIpc) is 3.00. The fraction of sp³-hybridized carbons (Fsp3) is 0.677. The van der Waals surface area contributed by atoms with E-state index in [0.29, 0.717) is 0 Å². The Kier molecular flexibility index (Phi) is 13.3. The molecule has 2 fully saturated rings. The Bertz CT molecular complexity index is 1140. The molecule has 252 valence electrons. The monoisotopic (exact) mass is 640 g/mol. The second-order valence-corrected chi connectivity index (χ2v) is 10.8. The summed E-state index contributed by atoms with van der Waals surface area (Å²) in [4.78, 5) is 49.7. The summed E-state index contributed by atoms with van der Waals surface area (Å²) in [6, 6.07) is 9.14. The van der Waals surface area contributed by atoms with Gasteiger partial charge in [-0.05, 0) is 12.0 Å². The summed E-state index contributed by atoms with van der Waals surface area (Å²) in [7, 11) is 4.15. The summed E-state index contributed by atoms with van der Waals surface area (Å²) in [5.74, 6) is -3.21. The molecule has 14 heteroatoms. The van der Waals surface area contributed by atoms with Crippen molar-refractivity contribution in [3.63, 3.8) is 0 Å². The number of esters is 4. The molecule has 1 aromatic carbocycles. The largest absolute Gasteiger partial charge is 0.467 e. The van der Waals surface area contributed by atoms with Crippen molar-refractivity contribution in [3.05, 3.63) is 35.9 Å². The zero-order valence-corrected chi connectivity index (χ0v) is 26.9. The van der Waals surface area contributed by atoms with Gasteiger partial charge in [-0.2, -0.15) is 0 Å². The summed E-state index contributed by atoms with van der Waals surface area (Å²) >= 11 is 0. The van der Waals surface area contributed by atoms with Gasteiger partial charge in [0.1, 0.15) is 24.9 Å². The number of carbonyl (C=O) groups is 4. The van der Waals surface area contributed by atoms with Crippen molar-refractivity contribution in [1.29, 1.82) is 0 Å². The molecule has 45 heavy (non-hydrogen) atoms. The van der Waals surface area contributed by atoms with Gasteiger partial charge in [0, 0.05) is 40.9 Å². The second kappa shape index (κ2) is 16.4. The van der Waals surface area contributed by atoms with Crippen LogP contribution in [-0.2, 0) is 73.2 Å². The van der Waals surface area contributed by atoms with Crippen LogP contribution in [0.5, 0.6) is 0 Å². The van der Waals surface area contributed by atoms with Crippen molar-refractivity contribution in [2.45, 2.75) is 102 Å². The molecule has 0 spiro atoms.